The number of nitrogens with zero attached hydrogens (tertiary/aromatic N) is 2. The summed E-state index contributed by atoms with van der Waals surface area (Å²) in [5.74, 6) is 0.663. The molecule has 0 bridgehead atoms. The van der Waals surface area contributed by atoms with Crippen LogP contribution in [0.4, 0.5) is 0 Å². The number of thioether (sulfide) groups is 1. The number of nitrogens with one attached hydrogen (secondary N) is 1. The third-order valence-corrected chi connectivity index (χ3v) is 5.46. The Kier molecular flexibility index (Phi) is 4.92. The van der Waals surface area contributed by atoms with Crippen molar-refractivity contribution in [2.45, 2.75) is 57.5 Å². The zero-order chi connectivity index (χ0) is 14.0. The van der Waals surface area contributed by atoms with Crippen molar-refractivity contribution in [1.29, 1.82) is 0 Å². The highest BCUT2D eigenvalue weighted by atomic mass is 32.2. The fourth-order valence-electron chi connectivity index (χ4n) is 1.68. The molecule has 0 radical (unpaired) electrons. The smallest absolute Gasteiger partial charge is 0.194 e. The van der Waals surface area contributed by atoms with Gasteiger partial charge in [0.05, 0.1) is 5.69 Å². The number of hydrogen-bond acceptors (Lipinski definition) is 4. The molecule has 0 saturated carbocycles. The molecule has 5 heteroatoms. The van der Waals surface area contributed by atoms with Crippen LogP contribution in [0.1, 0.15) is 40.3 Å². The highest BCUT2D eigenvalue weighted by Gasteiger charge is 2.18. The second kappa shape index (κ2) is 6.29. The van der Waals surface area contributed by atoms with E-state index in [-0.39, 0.29) is 0 Å². The van der Waals surface area contributed by atoms with Gasteiger partial charge in [0.2, 0.25) is 0 Å². The van der Waals surface area contributed by atoms with E-state index in [0.717, 1.165) is 11.5 Å². The molecular formula is C14H23N3S2. The molecule has 0 amide bonds. The molecule has 1 unspecified atom stereocenters. The SMILES string of the molecule is CC(C)NCc1c(SC(C)C(C)C)nc2sccn12. The standard InChI is InChI=1S/C14H23N3S2/c1-9(2)11(5)19-13-12(8-15-10(3)4)17-6-7-18-14(17)16-13/h6-7,9-11,15H,8H2,1-5H3. The average Bonchev–Trinajstić information content (AvgIpc) is 2.87. The van der Waals surface area contributed by atoms with Crippen LogP contribution in [0.2, 0.25) is 0 Å². The van der Waals surface area contributed by atoms with Crippen molar-refractivity contribution in [3.05, 3.63) is 17.3 Å². The normalized spacial score (nSPS) is 13.8. The Labute approximate surface area is 123 Å². The van der Waals surface area contributed by atoms with Crippen molar-refractivity contribution < 1.29 is 0 Å². The summed E-state index contributed by atoms with van der Waals surface area (Å²) in [4.78, 5) is 5.87. The van der Waals surface area contributed by atoms with E-state index in [4.69, 9.17) is 4.98 Å². The molecular weight excluding hydrogens is 274 g/mol. The maximum absolute atomic E-state index is 4.78. The first kappa shape index (κ1) is 14.9. The number of imidazole rings is 1. The summed E-state index contributed by atoms with van der Waals surface area (Å²) in [6.45, 7) is 12.0. The lowest BCUT2D eigenvalue weighted by Gasteiger charge is -2.15. The van der Waals surface area contributed by atoms with Crippen molar-refractivity contribution in [3.63, 3.8) is 0 Å². The molecule has 19 heavy (non-hydrogen) atoms. The van der Waals surface area contributed by atoms with Gasteiger partial charge < -0.3 is 5.32 Å². The fraction of sp³-hybridized carbons (Fsp3) is 0.643. The van der Waals surface area contributed by atoms with Crippen LogP contribution < -0.4 is 5.32 Å². The van der Waals surface area contributed by atoms with Crippen LogP contribution in [-0.4, -0.2) is 20.7 Å². The van der Waals surface area contributed by atoms with E-state index < -0.39 is 0 Å². The van der Waals surface area contributed by atoms with Crippen molar-refractivity contribution in [3.8, 4) is 0 Å². The molecule has 2 heterocycles. The number of thiazole rings is 1. The van der Waals surface area contributed by atoms with Crippen molar-refractivity contribution in [2.24, 2.45) is 5.92 Å². The van der Waals surface area contributed by atoms with Gasteiger partial charge in [0.25, 0.3) is 0 Å². The van der Waals surface area contributed by atoms with Gasteiger partial charge >= 0.3 is 0 Å². The molecule has 0 aliphatic heterocycles. The molecule has 3 nitrogen and oxygen atoms in total. The van der Waals surface area contributed by atoms with Crippen molar-refractivity contribution in [1.82, 2.24) is 14.7 Å². The molecule has 1 atom stereocenters. The first-order chi connectivity index (χ1) is 8.99. The largest absolute Gasteiger partial charge is 0.309 e. The molecule has 2 aromatic heterocycles. The minimum Gasteiger partial charge on any atom is -0.309 e. The van der Waals surface area contributed by atoms with E-state index in [1.165, 1.54) is 10.7 Å². The van der Waals surface area contributed by atoms with Gasteiger partial charge in [-0.25, -0.2) is 4.98 Å². The summed E-state index contributed by atoms with van der Waals surface area (Å²) in [5.41, 5.74) is 1.29. The number of rotatable bonds is 6. The first-order valence-corrected chi connectivity index (χ1v) is 8.59. The summed E-state index contributed by atoms with van der Waals surface area (Å²) in [7, 11) is 0. The Morgan fingerprint density at radius 1 is 1.32 bits per heavy atom. The Bertz CT molecular complexity index is 528. The van der Waals surface area contributed by atoms with Crippen molar-refractivity contribution in [2.75, 3.05) is 0 Å². The average molecular weight is 297 g/mol. The van der Waals surface area contributed by atoms with Crippen LogP contribution in [-0.2, 0) is 6.54 Å². The molecule has 0 saturated heterocycles. The first-order valence-electron chi connectivity index (χ1n) is 6.83. The van der Waals surface area contributed by atoms with E-state index in [1.54, 1.807) is 11.3 Å². The number of aromatic nitrogens is 2. The lowest BCUT2D eigenvalue weighted by atomic mass is 10.2. The summed E-state index contributed by atoms with van der Waals surface area (Å²) in [6, 6.07) is 0.490. The van der Waals surface area contributed by atoms with Crippen LogP contribution in [0.3, 0.4) is 0 Å². The van der Waals surface area contributed by atoms with Gasteiger partial charge in [0.1, 0.15) is 5.03 Å². The topological polar surface area (TPSA) is 29.3 Å². The summed E-state index contributed by atoms with van der Waals surface area (Å²) in [5, 5.41) is 7.37. The molecule has 0 aromatic carbocycles. The van der Waals surface area contributed by atoms with Crippen LogP contribution >= 0.6 is 23.1 Å². The van der Waals surface area contributed by atoms with Gasteiger partial charge in [-0.15, -0.1) is 23.1 Å². The highest BCUT2D eigenvalue weighted by molar-refractivity contribution is 7.99. The molecule has 2 rings (SSSR count). The van der Waals surface area contributed by atoms with Crippen LogP contribution in [0, 0.1) is 5.92 Å². The molecule has 1 N–H and O–H groups in total. The maximum atomic E-state index is 4.78. The van der Waals surface area contributed by atoms with Crippen LogP contribution in [0.15, 0.2) is 16.6 Å². The second-order valence-corrected chi connectivity index (χ2v) is 7.76. The van der Waals surface area contributed by atoms with E-state index >= 15 is 0 Å². The molecule has 0 fully saturated rings. The monoisotopic (exact) mass is 297 g/mol. The summed E-state index contributed by atoms with van der Waals surface area (Å²) in [6.07, 6.45) is 2.12. The van der Waals surface area contributed by atoms with E-state index in [9.17, 15) is 0 Å². The Morgan fingerprint density at radius 2 is 2.05 bits per heavy atom. The van der Waals surface area contributed by atoms with Gasteiger partial charge in [-0.1, -0.05) is 34.6 Å². The fourth-order valence-corrected chi connectivity index (χ4v) is 3.54. The zero-order valence-corrected chi connectivity index (χ0v) is 13.9. The lowest BCUT2D eigenvalue weighted by Crippen LogP contribution is -2.23. The quantitative estimate of drug-likeness (QED) is 0.816. The van der Waals surface area contributed by atoms with Gasteiger partial charge in [-0.3, -0.25) is 4.40 Å². The number of fused-ring (bicyclic) bond motifs is 1. The van der Waals surface area contributed by atoms with Crippen LogP contribution in [0.5, 0.6) is 0 Å². The number of hydrogen-bond donors (Lipinski definition) is 1. The third kappa shape index (κ3) is 3.52. The van der Waals surface area contributed by atoms with E-state index in [2.05, 4.69) is 55.9 Å². The Balaban J connectivity index is 2.25. The predicted octanol–water partition coefficient (Wildman–Crippen LogP) is 4.03. The molecule has 106 valence electrons. The zero-order valence-electron chi connectivity index (χ0n) is 12.3. The van der Waals surface area contributed by atoms with E-state index in [0.29, 0.717) is 17.2 Å². The second-order valence-electron chi connectivity index (χ2n) is 5.52. The van der Waals surface area contributed by atoms with Gasteiger partial charge in [0.15, 0.2) is 4.96 Å². The van der Waals surface area contributed by atoms with Gasteiger partial charge in [-0.05, 0) is 5.92 Å². The van der Waals surface area contributed by atoms with E-state index in [1.807, 2.05) is 11.8 Å². The summed E-state index contributed by atoms with van der Waals surface area (Å²) >= 11 is 3.60. The van der Waals surface area contributed by atoms with Gasteiger partial charge in [0, 0.05) is 29.4 Å². The van der Waals surface area contributed by atoms with Crippen LogP contribution in [0.25, 0.3) is 4.96 Å². The highest BCUT2D eigenvalue weighted by Crippen LogP contribution is 2.31. The minimum absolute atomic E-state index is 0.490. The predicted molar refractivity (Wildman–Crippen MR) is 85.2 cm³/mol. The summed E-state index contributed by atoms with van der Waals surface area (Å²) < 4.78 is 2.22. The molecule has 0 aliphatic rings. The minimum atomic E-state index is 0.490. The molecule has 0 spiro atoms. The van der Waals surface area contributed by atoms with Crippen molar-refractivity contribution >= 4 is 28.1 Å². The lowest BCUT2D eigenvalue weighted by molar-refractivity contribution is 0.573. The Hall–Kier alpha value is -0.520. The Morgan fingerprint density at radius 3 is 2.68 bits per heavy atom. The third-order valence-electron chi connectivity index (χ3n) is 3.24. The molecule has 2 aromatic rings. The maximum Gasteiger partial charge on any atom is 0.194 e. The van der Waals surface area contributed by atoms with Gasteiger partial charge in [-0.2, -0.15) is 0 Å². The molecule has 0 aliphatic carbocycles.